The summed E-state index contributed by atoms with van der Waals surface area (Å²) in [5.41, 5.74) is 0. The zero-order chi connectivity index (χ0) is 15.4. The van der Waals surface area contributed by atoms with Crippen LogP contribution in [0.4, 0.5) is 0 Å². The molecule has 0 bridgehead atoms. The molecule has 0 N–H and O–H groups in total. The minimum Gasteiger partial charge on any atom is -0.379 e. The lowest BCUT2D eigenvalue weighted by Gasteiger charge is -2.25. The first-order valence-electron chi connectivity index (χ1n) is 7.44. The molecule has 1 unspecified atom stereocenters. The number of hydrogen-bond acceptors (Lipinski definition) is 6. The third kappa shape index (κ3) is 3.80. The number of nitrogens with zero attached hydrogens (tertiary/aromatic N) is 2. The van der Waals surface area contributed by atoms with Crippen LogP contribution < -0.4 is 0 Å². The maximum atomic E-state index is 12.5. The molecule has 0 aromatic carbocycles. The summed E-state index contributed by atoms with van der Waals surface area (Å²) >= 11 is 1.61. The molecular weight excluding hydrogens is 324 g/mol. The number of thioether (sulfide) groups is 1. The van der Waals surface area contributed by atoms with Gasteiger partial charge in [0.15, 0.2) is 0 Å². The molecule has 1 atom stereocenters. The van der Waals surface area contributed by atoms with Gasteiger partial charge in [-0.1, -0.05) is 0 Å². The van der Waals surface area contributed by atoms with Gasteiger partial charge >= 0.3 is 0 Å². The van der Waals surface area contributed by atoms with Gasteiger partial charge in [0.25, 0.3) is 0 Å². The van der Waals surface area contributed by atoms with Crippen molar-refractivity contribution in [2.45, 2.75) is 28.9 Å². The van der Waals surface area contributed by atoms with Crippen LogP contribution in [-0.2, 0) is 19.5 Å². The lowest BCUT2D eigenvalue weighted by Crippen LogP contribution is -2.40. The third-order valence-corrected chi connectivity index (χ3v) is 6.72. The molecule has 22 heavy (non-hydrogen) atoms. The summed E-state index contributed by atoms with van der Waals surface area (Å²) in [6.45, 7) is 2.54. The summed E-state index contributed by atoms with van der Waals surface area (Å²) in [5, 5.41) is 0.830. The van der Waals surface area contributed by atoms with Crippen molar-refractivity contribution in [2.24, 2.45) is 0 Å². The largest absolute Gasteiger partial charge is 0.379 e. The van der Waals surface area contributed by atoms with Crippen LogP contribution in [0, 0.1) is 0 Å². The van der Waals surface area contributed by atoms with Gasteiger partial charge in [-0.2, -0.15) is 4.31 Å². The molecular formula is C14H20N2O4S2. The first kappa shape index (κ1) is 16.2. The number of morpholine rings is 1. The van der Waals surface area contributed by atoms with Crippen molar-refractivity contribution in [3.63, 3.8) is 0 Å². The Morgan fingerprint density at radius 1 is 1.27 bits per heavy atom. The van der Waals surface area contributed by atoms with Gasteiger partial charge in [-0.25, -0.2) is 13.4 Å². The molecule has 1 aromatic rings. The van der Waals surface area contributed by atoms with Gasteiger partial charge in [0.2, 0.25) is 10.0 Å². The molecule has 6 nitrogen and oxygen atoms in total. The van der Waals surface area contributed by atoms with Crippen molar-refractivity contribution in [1.29, 1.82) is 0 Å². The Kier molecular flexibility index (Phi) is 5.35. The summed E-state index contributed by atoms with van der Waals surface area (Å²) in [6, 6.07) is 3.41. The maximum absolute atomic E-state index is 12.5. The van der Waals surface area contributed by atoms with Gasteiger partial charge < -0.3 is 9.47 Å². The van der Waals surface area contributed by atoms with Crippen LogP contribution in [0.2, 0.25) is 0 Å². The number of hydrogen-bond donors (Lipinski definition) is 0. The summed E-state index contributed by atoms with van der Waals surface area (Å²) in [7, 11) is -3.45. The molecule has 3 rings (SSSR count). The molecule has 3 heterocycles. The highest BCUT2D eigenvalue weighted by atomic mass is 32.2. The van der Waals surface area contributed by atoms with Crippen LogP contribution in [0.5, 0.6) is 0 Å². The van der Waals surface area contributed by atoms with Gasteiger partial charge in [0.05, 0.1) is 24.3 Å². The Bertz CT molecular complexity index is 579. The Morgan fingerprint density at radius 3 is 2.73 bits per heavy atom. The average molecular weight is 344 g/mol. The van der Waals surface area contributed by atoms with Crippen molar-refractivity contribution in [2.75, 3.05) is 38.7 Å². The van der Waals surface area contributed by atoms with Crippen LogP contribution in [-0.4, -0.2) is 62.5 Å². The van der Waals surface area contributed by atoms with Crippen molar-refractivity contribution in [3.8, 4) is 0 Å². The Labute approximate surface area is 135 Å². The average Bonchev–Trinajstić information content (AvgIpc) is 3.08. The predicted octanol–water partition coefficient (Wildman–Crippen LogP) is 1.37. The smallest absolute Gasteiger partial charge is 0.244 e. The van der Waals surface area contributed by atoms with E-state index in [1.54, 1.807) is 23.9 Å². The first-order chi connectivity index (χ1) is 10.7. The number of aromatic nitrogens is 1. The van der Waals surface area contributed by atoms with Crippen molar-refractivity contribution >= 4 is 21.8 Å². The molecule has 0 amide bonds. The SMILES string of the molecule is O=S(=O)(c1ccc(SCC2CCCO2)nc1)N1CCOCC1. The maximum Gasteiger partial charge on any atom is 0.244 e. The predicted molar refractivity (Wildman–Crippen MR) is 83.5 cm³/mol. The minimum atomic E-state index is -3.45. The van der Waals surface area contributed by atoms with E-state index in [2.05, 4.69) is 4.98 Å². The fourth-order valence-electron chi connectivity index (χ4n) is 2.49. The van der Waals surface area contributed by atoms with E-state index in [-0.39, 0.29) is 4.90 Å². The number of ether oxygens (including phenoxy) is 2. The Balaban J connectivity index is 1.62. The monoisotopic (exact) mass is 344 g/mol. The van der Waals surface area contributed by atoms with E-state index >= 15 is 0 Å². The molecule has 0 radical (unpaired) electrons. The van der Waals surface area contributed by atoms with E-state index in [1.807, 2.05) is 0 Å². The molecule has 2 aliphatic heterocycles. The first-order valence-corrected chi connectivity index (χ1v) is 9.87. The lowest BCUT2D eigenvalue weighted by molar-refractivity contribution is 0.0730. The van der Waals surface area contributed by atoms with Crippen molar-refractivity contribution in [1.82, 2.24) is 9.29 Å². The molecule has 2 saturated heterocycles. The van der Waals surface area contributed by atoms with Crippen LogP contribution in [0.25, 0.3) is 0 Å². The van der Waals surface area contributed by atoms with E-state index in [0.717, 1.165) is 30.2 Å². The zero-order valence-electron chi connectivity index (χ0n) is 12.3. The highest BCUT2D eigenvalue weighted by Gasteiger charge is 2.26. The van der Waals surface area contributed by atoms with Gasteiger partial charge in [0, 0.05) is 31.6 Å². The summed E-state index contributed by atoms with van der Waals surface area (Å²) in [4.78, 5) is 4.52. The van der Waals surface area contributed by atoms with Crippen LogP contribution >= 0.6 is 11.8 Å². The van der Waals surface area contributed by atoms with Crippen LogP contribution in [0.1, 0.15) is 12.8 Å². The van der Waals surface area contributed by atoms with Crippen LogP contribution in [0.3, 0.4) is 0 Å². The second kappa shape index (κ2) is 7.27. The molecule has 2 fully saturated rings. The van der Waals surface area contributed by atoms with Crippen molar-refractivity contribution in [3.05, 3.63) is 18.3 Å². The molecule has 0 spiro atoms. The van der Waals surface area contributed by atoms with E-state index in [9.17, 15) is 8.42 Å². The van der Waals surface area contributed by atoms with E-state index in [4.69, 9.17) is 9.47 Å². The fraction of sp³-hybridized carbons (Fsp3) is 0.643. The highest BCUT2D eigenvalue weighted by molar-refractivity contribution is 7.99. The van der Waals surface area contributed by atoms with E-state index in [0.29, 0.717) is 32.4 Å². The molecule has 0 aliphatic carbocycles. The molecule has 0 saturated carbocycles. The number of pyridine rings is 1. The summed E-state index contributed by atoms with van der Waals surface area (Å²) < 4.78 is 37.2. The lowest BCUT2D eigenvalue weighted by atomic mass is 10.3. The fourth-order valence-corrected chi connectivity index (χ4v) is 4.76. The Hall–Kier alpha value is -0.670. The van der Waals surface area contributed by atoms with E-state index < -0.39 is 10.0 Å². The van der Waals surface area contributed by atoms with Gasteiger partial charge in [-0.05, 0) is 25.0 Å². The quantitative estimate of drug-likeness (QED) is 0.752. The number of rotatable bonds is 5. The molecule has 122 valence electrons. The summed E-state index contributed by atoms with van der Waals surface area (Å²) in [6.07, 6.45) is 3.96. The van der Waals surface area contributed by atoms with Gasteiger partial charge in [-0.15, -0.1) is 11.8 Å². The topological polar surface area (TPSA) is 68.7 Å². The zero-order valence-corrected chi connectivity index (χ0v) is 13.9. The molecule has 2 aliphatic rings. The minimum absolute atomic E-state index is 0.246. The number of sulfonamides is 1. The standard InChI is InChI=1S/C14H20N2O4S2/c17-22(18,16-5-8-19-9-6-16)13-3-4-14(15-10-13)21-11-12-2-1-7-20-12/h3-4,10,12H,1-2,5-9,11H2. The van der Waals surface area contributed by atoms with Gasteiger partial charge in [0.1, 0.15) is 4.90 Å². The molecule has 1 aromatic heterocycles. The normalized spacial score (nSPS) is 23.7. The Morgan fingerprint density at radius 2 is 2.09 bits per heavy atom. The second-order valence-corrected chi connectivity index (χ2v) is 8.27. The van der Waals surface area contributed by atoms with E-state index in [1.165, 1.54) is 10.5 Å². The molecule has 8 heteroatoms. The second-order valence-electron chi connectivity index (χ2n) is 5.29. The van der Waals surface area contributed by atoms with Crippen LogP contribution in [0.15, 0.2) is 28.3 Å². The van der Waals surface area contributed by atoms with Crippen molar-refractivity contribution < 1.29 is 17.9 Å². The highest BCUT2D eigenvalue weighted by Crippen LogP contribution is 2.24. The third-order valence-electron chi connectivity index (χ3n) is 3.76. The summed E-state index contributed by atoms with van der Waals surface area (Å²) in [5.74, 6) is 0.864. The van der Waals surface area contributed by atoms with Gasteiger partial charge in [-0.3, -0.25) is 0 Å².